The molecule has 1 aromatic heterocycles. The van der Waals surface area contributed by atoms with Gasteiger partial charge >= 0.3 is 6.03 Å². The number of benzene rings is 2. The van der Waals surface area contributed by atoms with E-state index >= 15 is 0 Å². The Labute approximate surface area is 163 Å². The minimum Gasteiger partial charge on any atom is -0.334 e. The third-order valence-corrected chi connectivity index (χ3v) is 5.30. The van der Waals surface area contributed by atoms with E-state index in [1.807, 2.05) is 25.1 Å². The maximum atomic E-state index is 12.5. The fourth-order valence-electron chi connectivity index (χ4n) is 2.41. The average Bonchev–Trinajstić information content (AvgIpc) is 2.69. The molecule has 0 aliphatic carbocycles. The maximum Gasteiger partial charge on any atom is 0.319 e. The molecule has 0 atom stereocenters. The van der Waals surface area contributed by atoms with E-state index in [1.165, 1.54) is 24.3 Å². The van der Waals surface area contributed by atoms with Crippen LogP contribution in [0.15, 0.2) is 78.0 Å². The molecule has 28 heavy (non-hydrogen) atoms. The molecular weight excluding hydrogens is 376 g/mol. The van der Waals surface area contributed by atoms with Crippen LogP contribution in [-0.2, 0) is 16.6 Å². The molecule has 3 N–H and O–H groups in total. The van der Waals surface area contributed by atoms with Gasteiger partial charge in [-0.2, -0.15) is 0 Å². The van der Waals surface area contributed by atoms with Gasteiger partial charge in [-0.3, -0.25) is 9.71 Å². The Balaban J connectivity index is 1.59. The van der Waals surface area contributed by atoms with Gasteiger partial charge in [-0.15, -0.1) is 0 Å². The van der Waals surface area contributed by atoms with Crippen LogP contribution in [0.25, 0.3) is 0 Å². The molecule has 7 nitrogen and oxygen atoms in total. The summed E-state index contributed by atoms with van der Waals surface area (Å²) in [5, 5.41) is 5.37. The minimum absolute atomic E-state index is 0.106. The quantitative estimate of drug-likeness (QED) is 0.593. The zero-order valence-electron chi connectivity index (χ0n) is 15.2. The fourth-order valence-corrected chi connectivity index (χ4v) is 3.47. The van der Waals surface area contributed by atoms with Gasteiger partial charge < -0.3 is 10.6 Å². The SMILES string of the molecule is Cc1ccc(NS(=O)(=O)c2ccc(NC(=O)NCc3cccnc3)cc2)cc1. The second-order valence-corrected chi connectivity index (χ2v) is 7.85. The van der Waals surface area contributed by atoms with Crippen LogP contribution < -0.4 is 15.4 Å². The van der Waals surface area contributed by atoms with Crippen molar-refractivity contribution in [1.82, 2.24) is 10.3 Å². The highest BCUT2D eigenvalue weighted by atomic mass is 32.2. The number of nitrogens with one attached hydrogen (secondary N) is 3. The van der Waals surface area contributed by atoms with E-state index in [2.05, 4.69) is 20.3 Å². The Morgan fingerprint density at radius 1 is 0.964 bits per heavy atom. The monoisotopic (exact) mass is 396 g/mol. The van der Waals surface area contributed by atoms with Crippen molar-refractivity contribution in [3.63, 3.8) is 0 Å². The molecule has 0 saturated heterocycles. The van der Waals surface area contributed by atoms with Crippen LogP contribution in [0.2, 0.25) is 0 Å². The van der Waals surface area contributed by atoms with Gasteiger partial charge in [0.15, 0.2) is 0 Å². The van der Waals surface area contributed by atoms with Crippen molar-refractivity contribution in [1.29, 1.82) is 0 Å². The molecule has 8 heteroatoms. The summed E-state index contributed by atoms with van der Waals surface area (Å²) in [6, 6.07) is 16.3. The van der Waals surface area contributed by atoms with Gasteiger partial charge in [-0.05, 0) is 55.0 Å². The number of nitrogens with zero attached hydrogens (tertiary/aromatic N) is 1. The predicted octanol–water partition coefficient (Wildman–Crippen LogP) is 3.51. The van der Waals surface area contributed by atoms with Crippen LogP contribution in [0.4, 0.5) is 16.2 Å². The summed E-state index contributed by atoms with van der Waals surface area (Å²) in [6.07, 6.45) is 3.33. The van der Waals surface area contributed by atoms with Crippen LogP contribution in [-0.4, -0.2) is 19.4 Å². The molecule has 0 aliphatic rings. The first-order valence-electron chi connectivity index (χ1n) is 8.56. The first kappa shape index (κ1) is 19.4. The van der Waals surface area contributed by atoms with Gasteiger partial charge in [0.25, 0.3) is 10.0 Å². The van der Waals surface area contributed by atoms with E-state index in [0.717, 1.165) is 11.1 Å². The van der Waals surface area contributed by atoms with E-state index in [4.69, 9.17) is 0 Å². The van der Waals surface area contributed by atoms with E-state index in [0.29, 0.717) is 17.9 Å². The number of aromatic nitrogens is 1. The largest absolute Gasteiger partial charge is 0.334 e. The second kappa shape index (κ2) is 8.53. The smallest absolute Gasteiger partial charge is 0.319 e. The molecule has 3 aromatic rings. The number of carbonyl (C=O) groups excluding carboxylic acids is 1. The van der Waals surface area contributed by atoms with Crippen molar-refractivity contribution < 1.29 is 13.2 Å². The van der Waals surface area contributed by atoms with E-state index < -0.39 is 16.1 Å². The number of rotatable bonds is 6. The van der Waals surface area contributed by atoms with Gasteiger partial charge in [0, 0.05) is 30.3 Å². The molecule has 0 radical (unpaired) electrons. The summed E-state index contributed by atoms with van der Waals surface area (Å²) in [5.41, 5.74) is 2.89. The molecule has 0 unspecified atom stereocenters. The van der Waals surface area contributed by atoms with E-state index in [9.17, 15) is 13.2 Å². The number of hydrogen-bond donors (Lipinski definition) is 3. The van der Waals surface area contributed by atoms with Crippen LogP contribution >= 0.6 is 0 Å². The number of aryl methyl sites for hydroxylation is 1. The van der Waals surface area contributed by atoms with Crippen molar-refractivity contribution in [2.45, 2.75) is 18.4 Å². The molecule has 0 saturated carbocycles. The van der Waals surface area contributed by atoms with E-state index in [1.54, 1.807) is 30.6 Å². The Morgan fingerprint density at radius 3 is 2.29 bits per heavy atom. The topological polar surface area (TPSA) is 100 Å². The zero-order chi connectivity index (χ0) is 20.0. The van der Waals surface area contributed by atoms with Gasteiger partial charge in [-0.25, -0.2) is 13.2 Å². The highest BCUT2D eigenvalue weighted by Crippen LogP contribution is 2.18. The molecule has 1 heterocycles. The lowest BCUT2D eigenvalue weighted by atomic mass is 10.2. The van der Waals surface area contributed by atoms with Gasteiger partial charge in [0.2, 0.25) is 0 Å². The number of urea groups is 1. The Morgan fingerprint density at radius 2 is 1.64 bits per heavy atom. The number of anilines is 2. The van der Waals surface area contributed by atoms with Gasteiger partial charge in [0.1, 0.15) is 0 Å². The van der Waals surface area contributed by atoms with Gasteiger partial charge in [-0.1, -0.05) is 23.8 Å². The number of sulfonamides is 1. The standard InChI is InChI=1S/C20H20N4O3S/c1-15-4-6-18(7-5-15)24-28(26,27)19-10-8-17(9-11-19)23-20(25)22-14-16-3-2-12-21-13-16/h2-13,24H,14H2,1H3,(H2,22,23,25). The first-order valence-corrected chi connectivity index (χ1v) is 10.0. The Kier molecular flexibility index (Phi) is 5.90. The maximum absolute atomic E-state index is 12.5. The molecule has 0 aliphatic heterocycles. The molecule has 144 valence electrons. The number of amides is 2. The lowest BCUT2D eigenvalue weighted by molar-refractivity contribution is 0.251. The van der Waals surface area contributed by atoms with E-state index in [-0.39, 0.29) is 4.90 Å². The summed E-state index contributed by atoms with van der Waals surface area (Å²) in [5.74, 6) is 0. The summed E-state index contributed by atoms with van der Waals surface area (Å²) < 4.78 is 27.5. The second-order valence-electron chi connectivity index (χ2n) is 6.16. The first-order chi connectivity index (χ1) is 13.4. The number of hydrogen-bond acceptors (Lipinski definition) is 4. The normalized spacial score (nSPS) is 10.9. The molecule has 0 bridgehead atoms. The highest BCUT2D eigenvalue weighted by Gasteiger charge is 2.14. The van der Waals surface area contributed by atoms with Crippen molar-refractivity contribution in [2.75, 3.05) is 10.0 Å². The van der Waals surface area contributed by atoms with Crippen molar-refractivity contribution in [3.8, 4) is 0 Å². The van der Waals surface area contributed by atoms with Crippen LogP contribution in [0.3, 0.4) is 0 Å². The summed E-state index contributed by atoms with van der Waals surface area (Å²) >= 11 is 0. The van der Waals surface area contributed by atoms with Crippen LogP contribution in [0, 0.1) is 6.92 Å². The van der Waals surface area contributed by atoms with Crippen molar-refractivity contribution >= 4 is 27.4 Å². The molecule has 0 fully saturated rings. The average molecular weight is 396 g/mol. The minimum atomic E-state index is -3.70. The number of pyridine rings is 1. The van der Waals surface area contributed by atoms with Crippen molar-refractivity contribution in [2.24, 2.45) is 0 Å². The lowest BCUT2D eigenvalue weighted by Crippen LogP contribution is -2.28. The van der Waals surface area contributed by atoms with Crippen molar-refractivity contribution in [3.05, 3.63) is 84.2 Å². The third-order valence-electron chi connectivity index (χ3n) is 3.90. The van der Waals surface area contributed by atoms with Crippen LogP contribution in [0.5, 0.6) is 0 Å². The summed E-state index contributed by atoms with van der Waals surface area (Å²) in [7, 11) is -3.70. The van der Waals surface area contributed by atoms with Gasteiger partial charge in [0.05, 0.1) is 4.90 Å². The lowest BCUT2D eigenvalue weighted by Gasteiger charge is -2.10. The summed E-state index contributed by atoms with van der Waals surface area (Å²) in [6.45, 7) is 2.27. The zero-order valence-corrected chi connectivity index (χ0v) is 16.0. The predicted molar refractivity (Wildman–Crippen MR) is 109 cm³/mol. The Hall–Kier alpha value is -3.39. The molecule has 2 aromatic carbocycles. The Bertz CT molecular complexity index is 1040. The van der Waals surface area contributed by atoms with Crippen LogP contribution in [0.1, 0.15) is 11.1 Å². The fraction of sp³-hybridized carbons (Fsp3) is 0.100. The summed E-state index contributed by atoms with van der Waals surface area (Å²) in [4.78, 5) is 16.0. The molecule has 2 amide bonds. The molecular formula is C20H20N4O3S. The third kappa shape index (κ3) is 5.31. The highest BCUT2D eigenvalue weighted by molar-refractivity contribution is 7.92. The molecule has 3 rings (SSSR count). The molecule has 0 spiro atoms. The number of carbonyl (C=O) groups is 1.